The van der Waals surface area contributed by atoms with Crippen LogP contribution in [-0.2, 0) is 5.54 Å². The summed E-state index contributed by atoms with van der Waals surface area (Å²) in [5.74, 6) is 0. The summed E-state index contributed by atoms with van der Waals surface area (Å²) < 4.78 is 1.58. The molecule has 0 spiro atoms. The van der Waals surface area contributed by atoms with Crippen LogP contribution in [0, 0.1) is 0 Å². The molecule has 106 valence electrons. The van der Waals surface area contributed by atoms with E-state index in [9.17, 15) is 4.79 Å². The standard InChI is InChI=1S/C18H18N2O/c1-18(2,3)20-17(21)15-12-8-7-11-14(15)16(19-20)13-9-5-4-6-10-13/h4-12H,1-3H3. The Morgan fingerprint density at radius 3 is 2.05 bits per heavy atom. The number of rotatable bonds is 1. The lowest BCUT2D eigenvalue weighted by molar-refractivity contribution is 0.342. The van der Waals surface area contributed by atoms with Gasteiger partial charge in [0.25, 0.3) is 5.56 Å². The predicted molar refractivity (Wildman–Crippen MR) is 86.4 cm³/mol. The number of hydrogen-bond acceptors (Lipinski definition) is 2. The molecule has 0 radical (unpaired) electrons. The zero-order valence-corrected chi connectivity index (χ0v) is 12.5. The fraction of sp³-hybridized carbons (Fsp3) is 0.222. The lowest BCUT2D eigenvalue weighted by atomic mass is 10.0. The van der Waals surface area contributed by atoms with E-state index in [4.69, 9.17) is 0 Å². The van der Waals surface area contributed by atoms with E-state index in [0.717, 1.165) is 16.6 Å². The highest BCUT2D eigenvalue weighted by Crippen LogP contribution is 2.25. The topological polar surface area (TPSA) is 34.9 Å². The van der Waals surface area contributed by atoms with Gasteiger partial charge in [-0.15, -0.1) is 0 Å². The van der Waals surface area contributed by atoms with E-state index in [2.05, 4.69) is 5.10 Å². The number of aromatic nitrogens is 2. The van der Waals surface area contributed by atoms with E-state index in [1.807, 2.05) is 75.4 Å². The largest absolute Gasteiger partial charge is 0.275 e. The first kappa shape index (κ1) is 13.6. The Bertz CT molecular complexity index is 842. The summed E-state index contributed by atoms with van der Waals surface area (Å²) in [5, 5.41) is 6.25. The molecule has 3 heteroatoms. The molecule has 0 aliphatic carbocycles. The molecular weight excluding hydrogens is 260 g/mol. The van der Waals surface area contributed by atoms with Crippen molar-refractivity contribution in [3.8, 4) is 11.3 Å². The van der Waals surface area contributed by atoms with E-state index in [1.165, 1.54) is 0 Å². The van der Waals surface area contributed by atoms with Crippen LogP contribution >= 0.6 is 0 Å². The van der Waals surface area contributed by atoms with E-state index in [-0.39, 0.29) is 11.1 Å². The third-order valence-electron chi connectivity index (χ3n) is 3.49. The first-order chi connectivity index (χ1) is 9.98. The monoisotopic (exact) mass is 278 g/mol. The molecule has 1 aromatic heterocycles. The summed E-state index contributed by atoms with van der Waals surface area (Å²) in [5.41, 5.74) is 1.47. The van der Waals surface area contributed by atoms with Gasteiger partial charge in [-0.3, -0.25) is 4.79 Å². The summed E-state index contributed by atoms with van der Waals surface area (Å²) in [6.45, 7) is 5.97. The summed E-state index contributed by atoms with van der Waals surface area (Å²) >= 11 is 0. The fourth-order valence-corrected chi connectivity index (χ4v) is 2.45. The van der Waals surface area contributed by atoms with Gasteiger partial charge in [0, 0.05) is 10.9 Å². The van der Waals surface area contributed by atoms with Gasteiger partial charge in [0.2, 0.25) is 0 Å². The van der Waals surface area contributed by atoms with Crippen molar-refractivity contribution < 1.29 is 0 Å². The van der Waals surface area contributed by atoms with Crippen LogP contribution in [0.4, 0.5) is 0 Å². The predicted octanol–water partition coefficient (Wildman–Crippen LogP) is 3.82. The second kappa shape index (κ2) is 4.85. The van der Waals surface area contributed by atoms with Crippen LogP contribution in [0.1, 0.15) is 20.8 Å². The van der Waals surface area contributed by atoms with E-state index in [0.29, 0.717) is 5.39 Å². The summed E-state index contributed by atoms with van der Waals surface area (Å²) in [4.78, 5) is 12.7. The van der Waals surface area contributed by atoms with Crippen molar-refractivity contribution in [1.82, 2.24) is 9.78 Å². The van der Waals surface area contributed by atoms with Gasteiger partial charge in [0.1, 0.15) is 0 Å². The van der Waals surface area contributed by atoms with Gasteiger partial charge in [-0.2, -0.15) is 5.10 Å². The molecule has 3 nitrogen and oxygen atoms in total. The number of nitrogens with zero attached hydrogens (tertiary/aromatic N) is 2. The minimum atomic E-state index is -0.357. The minimum absolute atomic E-state index is 0.0437. The highest BCUT2D eigenvalue weighted by Gasteiger charge is 2.20. The maximum atomic E-state index is 12.7. The normalized spacial score (nSPS) is 11.8. The van der Waals surface area contributed by atoms with Crippen molar-refractivity contribution in [1.29, 1.82) is 0 Å². The average molecular weight is 278 g/mol. The number of hydrogen-bond donors (Lipinski definition) is 0. The third kappa shape index (κ3) is 2.35. The van der Waals surface area contributed by atoms with Crippen molar-refractivity contribution in [2.75, 3.05) is 0 Å². The van der Waals surface area contributed by atoms with Crippen LogP contribution < -0.4 is 5.56 Å². The van der Waals surface area contributed by atoms with E-state index < -0.39 is 0 Å². The SMILES string of the molecule is CC(C)(C)n1nc(-c2ccccc2)c2ccccc2c1=O. The Hall–Kier alpha value is -2.42. The van der Waals surface area contributed by atoms with Crippen LogP contribution in [0.2, 0.25) is 0 Å². The molecule has 3 rings (SSSR count). The molecule has 0 aliphatic heterocycles. The quantitative estimate of drug-likeness (QED) is 0.678. The van der Waals surface area contributed by atoms with Gasteiger partial charge in [0.15, 0.2) is 0 Å². The smallest absolute Gasteiger partial charge is 0.267 e. The molecule has 3 aromatic rings. The fourth-order valence-electron chi connectivity index (χ4n) is 2.45. The lowest BCUT2D eigenvalue weighted by Crippen LogP contribution is -2.36. The summed E-state index contributed by atoms with van der Waals surface area (Å²) in [6.07, 6.45) is 0. The number of fused-ring (bicyclic) bond motifs is 1. The van der Waals surface area contributed by atoms with Gasteiger partial charge in [-0.1, -0.05) is 48.5 Å². The van der Waals surface area contributed by atoms with Crippen molar-refractivity contribution in [3.63, 3.8) is 0 Å². The van der Waals surface area contributed by atoms with Gasteiger partial charge < -0.3 is 0 Å². The van der Waals surface area contributed by atoms with E-state index in [1.54, 1.807) is 4.68 Å². The highest BCUT2D eigenvalue weighted by molar-refractivity contribution is 5.93. The van der Waals surface area contributed by atoms with Gasteiger partial charge in [-0.05, 0) is 26.8 Å². The van der Waals surface area contributed by atoms with Crippen LogP contribution in [0.3, 0.4) is 0 Å². The molecule has 0 fully saturated rings. The highest BCUT2D eigenvalue weighted by atomic mass is 16.1. The molecule has 1 heterocycles. The summed E-state index contributed by atoms with van der Waals surface area (Å²) in [7, 11) is 0. The van der Waals surface area contributed by atoms with E-state index >= 15 is 0 Å². The van der Waals surface area contributed by atoms with Crippen LogP contribution in [0.25, 0.3) is 22.0 Å². The first-order valence-electron chi connectivity index (χ1n) is 7.06. The first-order valence-corrected chi connectivity index (χ1v) is 7.06. The molecule has 0 amide bonds. The third-order valence-corrected chi connectivity index (χ3v) is 3.49. The van der Waals surface area contributed by atoms with Crippen molar-refractivity contribution >= 4 is 10.8 Å². The zero-order chi connectivity index (χ0) is 15.0. The van der Waals surface area contributed by atoms with Gasteiger partial charge >= 0.3 is 0 Å². The molecule has 0 atom stereocenters. The maximum absolute atomic E-state index is 12.7. The molecule has 0 saturated carbocycles. The molecule has 21 heavy (non-hydrogen) atoms. The Labute approximate surface area is 123 Å². The zero-order valence-electron chi connectivity index (χ0n) is 12.5. The average Bonchev–Trinajstić information content (AvgIpc) is 2.47. The van der Waals surface area contributed by atoms with Gasteiger partial charge in [0.05, 0.1) is 16.6 Å². The minimum Gasteiger partial charge on any atom is -0.267 e. The Morgan fingerprint density at radius 2 is 1.43 bits per heavy atom. The van der Waals surface area contributed by atoms with Crippen LogP contribution in [0.5, 0.6) is 0 Å². The molecule has 0 N–H and O–H groups in total. The molecule has 0 bridgehead atoms. The summed E-state index contributed by atoms with van der Waals surface area (Å²) in [6, 6.07) is 17.6. The Balaban J connectivity index is 2.44. The maximum Gasteiger partial charge on any atom is 0.275 e. The molecule has 0 aliphatic rings. The van der Waals surface area contributed by atoms with Crippen LogP contribution in [0.15, 0.2) is 59.4 Å². The molecule has 2 aromatic carbocycles. The molecular formula is C18H18N2O. The van der Waals surface area contributed by atoms with Crippen LogP contribution in [-0.4, -0.2) is 9.78 Å². The lowest BCUT2D eigenvalue weighted by Gasteiger charge is -2.22. The second-order valence-corrected chi connectivity index (χ2v) is 6.15. The number of benzene rings is 2. The Kier molecular flexibility index (Phi) is 3.13. The Morgan fingerprint density at radius 1 is 0.857 bits per heavy atom. The molecule has 0 saturated heterocycles. The van der Waals surface area contributed by atoms with Crippen molar-refractivity contribution in [2.45, 2.75) is 26.3 Å². The molecule has 0 unspecified atom stereocenters. The second-order valence-electron chi connectivity index (χ2n) is 6.15. The van der Waals surface area contributed by atoms with Gasteiger partial charge in [-0.25, -0.2) is 4.68 Å². The van der Waals surface area contributed by atoms with Crippen molar-refractivity contribution in [2.24, 2.45) is 0 Å². The van der Waals surface area contributed by atoms with Crippen molar-refractivity contribution in [3.05, 3.63) is 65.0 Å².